The van der Waals surface area contributed by atoms with E-state index in [-0.39, 0.29) is 4.83 Å². The van der Waals surface area contributed by atoms with Crippen LogP contribution in [0.5, 0.6) is 5.75 Å². The van der Waals surface area contributed by atoms with E-state index in [4.69, 9.17) is 16.3 Å². The van der Waals surface area contributed by atoms with E-state index >= 15 is 0 Å². The van der Waals surface area contributed by atoms with E-state index in [1.807, 2.05) is 30.3 Å². The second-order valence-electron chi connectivity index (χ2n) is 4.19. The molecular formula is C15H13Br2ClO. The molecule has 0 bridgehead atoms. The highest BCUT2D eigenvalue weighted by molar-refractivity contribution is 9.10. The standard InChI is InChI=1S/C15H13Br2ClO/c1-19-15-9-12(18)5-6-13(15)14(17)8-10-3-2-4-11(16)7-10/h2-7,9,14H,8H2,1H3. The highest BCUT2D eigenvalue weighted by atomic mass is 79.9. The molecule has 0 aliphatic carbocycles. The molecule has 1 nitrogen and oxygen atoms in total. The summed E-state index contributed by atoms with van der Waals surface area (Å²) in [5, 5.41) is 0.683. The zero-order chi connectivity index (χ0) is 13.8. The summed E-state index contributed by atoms with van der Waals surface area (Å²) in [6.07, 6.45) is 0.886. The first kappa shape index (κ1) is 14.9. The van der Waals surface area contributed by atoms with Gasteiger partial charge in [0.1, 0.15) is 5.75 Å². The van der Waals surface area contributed by atoms with E-state index in [2.05, 4.69) is 44.0 Å². The Kier molecular flexibility index (Phi) is 5.31. The van der Waals surface area contributed by atoms with Crippen LogP contribution >= 0.6 is 43.5 Å². The van der Waals surface area contributed by atoms with Gasteiger partial charge in [-0.15, -0.1) is 0 Å². The third kappa shape index (κ3) is 3.98. The van der Waals surface area contributed by atoms with Gasteiger partial charge < -0.3 is 4.74 Å². The van der Waals surface area contributed by atoms with E-state index in [0.29, 0.717) is 5.02 Å². The molecule has 2 aromatic carbocycles. The maximum Gasteiger partial charge on any atom is 0.124 e. The first-order chi connectivity index (χ1) is 9.10. The smallest absolute Gasteiger partial charge is 0.124 e. The number of halogens is 3. The number of hydrogen-bond donors (Lipinski definition) is 0. The molecule has 0 aliphatic heterocycles. The van der Waals surface area contributed by atoms with E-state index in [0.717, 1.165) is 22.2 Å². The van der Waals surface area contributed by atoms with Crippen LogP contribution in [0.25, 0.3) is 0 Å². The maximum atomic E-state index is 5.98. The maximum absolute atomic E-state index is 5.98. The number of alkyl halides is 1. The number of ether oxygens (including phenoxy) is 1. The highest BCUT2D eigenvalue weighted by Crippen LogP contribution is 2.35. The molecule has 0 heterocycles. The lowest BCUT2D eigenvalue weighted by molar-refractivity contribution is 0.409. The topological polar surface area (TPSA) is 9.23 Å². The largest absolute Gasteiger partial charge is 0.496 e. The summed E-state index contributed by atoms with van der Waals surface area (Å²) in [7, 11) is 1.66. The minimum atomic E-state index is 0.189. The average Bonchev–Trinajstić information content (AvgIpc) is 2.38. The molecule has 0 aliphatic rings. The van der Waals surface area contributed by atoms with Crippen molar-refractivity contribution in [2.24, 2.45) is 0 Å². The molecule has 1 unspecified atom stereocenters. The molecule has 0 saturated carbocycles. The van der Waals surface area contributed by atoms with Gasteiger partial charge in [0.15, 0.2) is 0 Å². The number of methoxy groups -OCH3 is 1. The molecule has 0 radical (unpaired) electrons. The van der Waals surface area contributed by atoms with Gasteiger partial charge in [0.25, 0.3) is 0 Å². The molecular weight excluding hydrogens is 391 g/mol. The van der Waals surface area contributed by atoms with Crippen molar-refractivity contribution >= 4 is 43.5 Å². The molecule has 1 atom stereocenters. The number of hydrogen-bond acceptors (Lipinski definition) is 1. The molecule has 0 saturated heterocycles. The minimum Gasteiger partial charge on any atom is -0.496 e. The van der Waals surface area contributed by atoms with Crippen molar-refractivity contribution in [3.63, 3.8) is 0 Å². The first-order valence-corrected chi connectivity index (χ1v) is 7.91. The van der Waals surface area contributed by atoms with E-state index in [1.54, 1.807) is 7.11 Å². The molecule has 100 valence electrons. The summed E-state index contributed by atoms with van der Waals surface area (Å²) in [6.45, 7) is 0. The zero-order valence-corrected chi connectivity index (χ0v) is 14.3. The van der Waals surface area contributed by atoms with Gasteiger partial charge in [-0.05, 0) is 36.2 Å². The number of rotatable bonds is 4. The second kappa shape index (κ2) is 6.78. The van der Waals surface area contributed by atoms with E-state index in [9.17, 15) is 0 Å². The molecule has 0 amide bonds. The average molecular weight is 405 g/mol. The summed E-state index contributed by atoms with van der Waals surface area (Å²) in [5.41, 5.74) is 2.36. The second-order valence-corrected chi connectivity index (χ2v) is 6.65. The molecule has 4 heteroatoms. The van der Waals surface area contributed by atoms with Crippen LogP contribution in [0.4, 0.5) is 0 Å². The first-order valence-electron chi connectivity index (χ1n) is 5.82. The lowest BCUT2D eigenvalue weighted by Gasteiger charge is -2.15. The molecule has 2 aromatic rings. The van der Waals surface area contributed by atoms with Crippen LogP contribution in [0.1, 0.15) is 16.0 Å². The Morgan fingerprint density at radius 3 is 2.68 bits per heavy atom. The lowest BCUT2D eigenvalue weighted by atomic mass is 10.0. The summed E-state index contributed by atoms with van der Waals surface area (Å²) >= 11 is 13.2. The molecule has 0 aromatic heterocycles. The third-order valence-corrected chi connectivity index (χ3v) is 4.38. The normalized spacial score (nSPS) is 12.2. The molecule has 0 spiro atoms. The van der Waals surface area contributed by atoms with Gasteiger partial charge >= 0.3 is 0 Å². The molecule has 19 heavy (non-hydrogen) atoms. The fourth-order valence-corrected chi connectivity index (χ4v) is 3.29. The Balaban J connectivity index is 2.22. The third-order valence-electron chi connectivity index (χ3n) is 2.84. The monoisotopic (exact) mass is 402 g/mol. The predicted octanol–water partition coefficient (Wildman–Crippen LogP) is 5.79. The molecule has 2 rings (SSSR count). The van der Waals surface area contributed by atoms with Gasteiger partial charge in [0.05, 0.1) is 7.11 Å². The van der Waals surface area contributed by atoms with Crippen LogP contribution in [0.2, 0.25) is 5.02 Å². The van der Waals surface area contributed by atoms with Crippen LogP contribution < -0.4 is 4.74 Å². The van der Waals surface area contributed by atoms with Gasteiger partial charge in [-0.3, -0.25) is 0 Å². The van der Waals surface area contributed by atoms with E-state index in [1.165, 1.54) is 5.56 Å². The van der Waals surface area contributed by atoms with Crippen LogP contribution in [0, 0.1) is 0 Å². The highest BCUT2D eigenvalue weighted by Gasteiger charge is 2.14. The fourth-order valence-electron chi connectivity index (χ4n) is 1.92. The minimum absolute atomic E-state index is 0.189. The van der Waals surface area contributed by atoms with Crippen LogP contribution in [0.15, 0.2) is 46.9 Å². The van der Waals surface area contributed by atoms with Crippen LogP contribution in [-0.4, -0.2) is 7.11 Å². The van der Waals surface area contributed by atoms with Crippen LogP contribution in [-0.2, 0) is 6.42 Å². The van der Waals surface area contributed by atoms with Crippen molar-refractivity contribution < 1.29 is 4.74 Å². The van der Waals surface area contributed by atoms with Crippen molar-refractivity contribution in [1.82, 2.24) is 0 Å². The van der Waals surface area contributed by atoms with Crippen molar-refractivity contribution in [2.45, 2.75) is 11.2 Å². The Bertz CT molecular complexity index is 572. The van der Waals surface area contributed by atoms with Crippen molar-refractivity contribution in [3.8, 4) is 5.75 Å². The van der Waals surface area contributed by atoms with E-state index < -0.39 is 0 Å². The van der Waals surface area contributed by atoms with Gasteiger partial charge in [-0.25, -0.2) is 0 Å². The summed E-state index contributed by atoms with van der Waals surface area (Å²) in [6, 6.07) is 14.0. The predicted molar refractivity (Wildman–Crippen MR) is 87.5 cm³/mol. The van der Waals surface area contributed by atoms with Gasteiger partial charge in [0, 0.05) is 19.9 Å². The Morgan fingerprint density at radius 2 is 2.00 bits per heavy atom. The fraction of sp³-hybridized carbons (Fsp3) is 0.200. The van der Waals surface area contributed by atoms with Crippen LogP contribution in [0.3, 0.4) is 0 Å². The summed E-state index contributed by atoms with van der Waals surface area (Å²) in [4.78, 5) is 0.189. The Hall–Kier alpha value is -0.510. The summed E-state index contributed by atoms with van der Waals surface area (Å²) in [5.74, 6) is 0.810. The zero-order valence-electron chi connectivity index (χ0n) is 10.4. The quantitative estimate of drug-likeness (QED) is 0.586. The van der Waals surface area contributed by atoms with Crippen molar-refractivity contribution in [3.05, 3.63) is 63.1 Å². The van der Waals surface area contributed by atoms with Gasteiger partial charge in [0.2, 0.25) is 0 Å². The SMILES string of the molecule is COc1cc(Cl)ccc1C(Br)Cc1cccc(Br)c1. The van der Waals surface area contributed by atoms with Gasteiger partial charge in [-0.2, -0.15) is 0 Å². The summed E-state index contributed by atoms with van der Waals surface area (Å²) < 4.78 is 6.48. The van der Waals surface area contributed by atoms with Gasteiger partial charge in [-0.1, -0.05) is 61.7 Å². The molecule has 0 fully saturated rings. The number of benzene rings is 2. The van der Waals surface area contributed by atoms with Crippen molar-refractivity contribution in [2.75, 3.05) is 7.11 Å². The molecule has 0 N–H and O–H groups in total. The van der Waals surface area contributed by atoms with Crippen molar-refractivity contribution in [1.29, 1.82) is 0 Å². The Morgan fingerprint density at radius 1 is 1.21 bits per heavy atom. The lowest BCUT2D eigenvalue weighted by Crippen LogP contribution is -1.99. The Labute approximate surface area is 135 Å².